The normalized spacial score (nSPS) is 12.4. The summed E-state index contributed by atoms with van der Waals surface area (Å²) in [7, 11) is 0. The summed E-state index contributed by atoms with van der Waals surface area (Å²) >= 11 is 0. The largest absolute Gasteiger partial charge is 0.309 e. The van der Waals surface area contributed by atoms with Gasteiger partial charge in [0, 0.05) is 16.5 Å². The van der Waals surface area contributed by atoms with E-state index in [1.165, 1.54) is 109 Å². The van der Waals surface area contributed by atoms with Crippen molar-refractivity contribution in [3.05, 3.63) is 175 Å². The zero-order chi connectivity index (χ0) is 35.4. The van der Waals surface area contributed by atoms with Gasteiger partial charge in [0.25, 0.3) is 0 Å². The molecule has 53 heavy (non-hydrogen) atoms. The average Bonchev–Trinajstić information content (AvgIpc) is 3.53. The number of nitrogens with zero attached hydrogens (tertiary/aromatic N) is 1. The third kappa shape index (κ3) is 4.44. The summed E-state index contributed by atoms with van der Waals surface area (Å²) in [6.45, 7) is 6.93. The minimum atomic E-state index is 0.0584. The van der Waals surface area contributed by atoms with Gasteiger partial charge in [0.1, 0.15) is 0 Å². The van der Waals surface area contributed by atoms with E-state index in [2.05, 4.69) is 195 Å². The van der Waals surface area contributed by atoms with Gasteiger partial charge in [0.15, 0.2) is 0 Å². The molecular weight excluding hydrogens is 639 g/mol. The molecule has 0 saturated carbocycles. The molecule has 0 atom stereocenters. The van der Waals surface area contributed by atoms with Crippen molar-refractivity contribution in [2.45, 2.75) is 26.2 Å². The standard InChI is InChI=1S/C52H37N/c1-52(2,3)36-28-34-22-26-43-45(32-20-24-37(25-21-32)53-48-18-10-8-16-41(48)42-17-9-11-19-49(42)53)31-47(44-27-23-35(29-36)50(34)51(43)44)46-30-33-12-4-5-13-38(33)39-14-6-7-15-40(39)46/h4-31H,1-3H3. The fourth-order valence-electron chi connectivity index (χ4n) is 9.08. The molecule has 0 radical (unpaired) electrons. The first-order chi connectivity index (χ1) is 25.9. The summed E-state index contributed by atoms with van der Waals surface area (Å²) in [5.74, 6) is 0. The Morgan fingerprint density at radius 3 is 1.53 bits per heavy atom. The minimum Gasteiger partial charge on any atom is -0.309 e. The molecule has 0 aliphatic rings. The quantitative estimate of drug-likeness (QED) is 0.164. The van der Waals surface area contributed by atoms with Crippen LogP contribution in [0.4, 0.5) is 0 Å². The first-order valence-corrected chi connectivity index (χ1v) is 18.7. The van der Waals surface area contributed by atoms with E-state index in [4.69, 9.17) is 0 Å². The Kier molecular flexibility index (Phi) is 6.29. The van der Waals surface area contributed by atoms with Crippen molar-refractivity contribution < 1.29 is 0 Å². The van der Waals surface area contributed by atoms with Gasteiger partial charge in [-0.2, -0.15) is 0 Å². The zero-order valence-electron chi connectivity index (χ0n) is 30.1. The molecule has 250 valence electrons. The van der Waals surface area contributed by atoms with E-state index in [-0.39, 0.29) is 5.41 Å². The van der Waals surface area contributed by atoms with Crippen LogP contribution >= 0.6 is 0 Å². The summed E-state index contributed by atoms with van der Waals surface area (Å²) in [6, 6.07) is 63.6. The van der Waals surface area contributed by atoms with E-state index in [1.807, 2.05) is 0 Å². The predicted molar refractivity (Wildman–Crippen MR) is 229 cm³/mol. The van der Waals surface area contributed by atoms with Gasteiger partial charge in [-0.1, -0.05) is 154 Å². The number of fused-ring (bicyclic) bond motifs is 6. The van der Waals surface area contributed by atoms with Crippen molar-refractivity contribution in [3.63, 3.8) is 0 Å². The van der Waals surface area contributed by atoms with Crippen molar-refractivity contribution >= 4 is 75.7 Å². The molecule has 0 aliphatic heterocycles. The number of hydrogen-bond donors (Lipinski definition) is 0. The van der Waals surface area contributed by atoms with Crippen molar-refractivity contribution in [2.24, 2.45) is 0 Å². The van der Waals surface area contributed by atoms with Gasteiger partial charge in [-0.15, -0.1) is 0 Å². The second-order valence-corrected chi connectivity index (χ2v) is 15.7. The van der Waals surface area contributed by atoms with E-state index in [0.29, 0.717) is 0 Å². The molecule has 0 aliphatic carbocycles. The highest BCUT2D eigenvalue weighted by molar-refractivity contribution is 6.29. The monoisotopic (exact) mass is 675 g/mol. The molecule has 0 amide bonds. The number of aromatic nitrogens is 1. The average molecular weight is 676 g/mol. The van der Waals surface area contributed by atoms with Crippen molar-refractivity contribution in [1.29, 1.82) is 0 Å². The number of para-hydroxylation sites is 2. The summed E-state index contributed by atoms with van der Waals surface area (Å²) in [5.41, 5.74) is 10.1. The molecular formula is C52H37N. The lowest BCUT2D eigenvalue weighted by Gasteiger charge is -2.23. The Balaban J connectivity index is 1.21. The molecule has 0 saturated heterocycles. The second kappa shape index (κ2) is 11.0. The van der Waals surface area contributed by atoms with Crippen molar-refractivity contribution in [2.75, 3.05) is 0 Å². The maximum Gasteiger partial charge on any atom is 0.0541 e. The molecule has 1 heterocycles. The third-order valence-corrected chi connectivity index (χ3v) is 11.7. The lowest BCUT2D eigenvalue weighted by atomic mass is 9.81. The van der Waals surface area contributed by atoms with Crippen LogP contribution in [-0.4, -0.2) is 4.57 Å². The molecule has 0 spiro atoms. The molecule has 1 nitrogen and oxygen atoms in total. The molecule has 0 fully saturated rings. The first kappa shape index (κ1) is 30.2. The summed E-state index contributed by atoms with van der Waals surface area (Å²) in [5, 5.41) is 15.6. The summed E-state index contributed by atoms with van der Waals surface area (Å²) in [4.78, 5) is 0. The van der Waals surface area contributed by atoms with Gasteiger partial charge in [0.05, 0.1) is 11.0 Å². The Bertz CT molecular complexity index is 3170. The number of hydrogen-bond acceptors (Lipinski definition) is 0. The SMILES string of the molecule is CC(C)(C)c1cc2ccc3c(-c4ccc(-n5c6ccccc6c6ccccc65)cc4)cc(-c4cc5ccccc5c5ccccc45)c4ccc(c1)c2c34. The van der Waals surface area contributed by atoms with E-state index >= 15 is 0 Å². The van der Waals surface area contributed by atoms with Gasteiger partial charge in [0.2, 0.25) is 0 Å². The van der Waals surface area contributed by atoms with Gasteiger partial charge in [-0.25, -0.2) is 0 Å². The summed E-state index contributed by atoms with van der Waals surface area (Å²) < 4.78 is 2.40. The fraction of sp³-hybridized carbons (Fsp3) is 0.0769. The zero-order valence-corrected chi connectivity index (χ0v) is 30.1. The van der Waals surface area contributed by atoms with Crippen LogP contribution in [0.5, 0.6) is 0 Å². The topological polar surface area (TPSA) is 4.93 Å². The van der Waals surface area contributed by atoms with E-state index in [0.717, 1.165) is 0 Å². The molecule has 1 aromatic heterocycles. The Morgan fingerprint density at radius 1 is 0.358 bits per heavy atom. The first-order valence-electron chi connectivity index (χ1n) is 18.7. The van der Waals surface area contributed by atoms with E-state index in [9.17, 15) is 0 Å². The lowest BCUT2D eigenvalue weighted by Crippen LogP contribution is -2.10. The second-order valence-electron chi connectivity index (χ2n) is 15.7. The summed E-state index contributed by atoms with van der Waals surface area (Å²) in [6.07, 6.45) is 0. The van der Waals surface area contributed by atoms with Crippen LogP contribution in [0.15, 0.2) is 170 Å². The highest BCUT2D eigenvalue weighted by Crippen LogP contribution is 2.47. The number of benzene rings is 10. The molecule has 0 N–H and O–H groups in total. The van der Waals surface area contributed by atoms with Crippen molar-refractivity contribution in [1.82, 2.24) is 4.57 Å². The predicted octanol–water partition coefficient (Wildman–Crippen LogP) is 14.6. The minimum absolute atomic E-state index is 0.0584. The highest BCUT2D eigenvalue weighted by Gasteiger charge is 2.21. The molecule has 0 unspecified atom stereocenters. The Hall–Kier alpha value is -6.44. The highest BCUT2D eigenvalue weighted by atomic mass is 15.0. The van der Waals surface area contributed by atoms with Crippen LogP contribution < -0.4 is 0 Å². The number of rotatable bonds is 3. The van der Waals surface area contributed by atoms with Crippen LogP contribution in [0.1, 0.15) is 26.3 Å². The maximum atomic E-state index is 2.47. The van der Waals surface area contributed by atoms with Gasteiger partial charge < -0.3 is 4.57 Å². The fourth-order valence-corrected chi connectivity index (χ4v) is 9.08. The van der Waals surface area contributed by atoms with Crippen LogP contribution in [0, 0.1) is 0 Å². The molecule has 10 aromatic carbocycles. The van der Waals surface area contributed by atoms with Gasteiger partial charge >= 0.3 is 0 Å². The van der Waals surface area contributed by atoms with Crippen LogP contribution in [0.3, 0.4) is 0 Å². The lowest BCUT2D eigenvalue weighted by molar-refractivity contribution is 0.591. The van der Waals surface area contributed by atoms with Gasteiger partial charge in [-0.05, 0) is 123 Å². The van der Waals surface area contributed by atoms with Gasteiger partial charge in [-0.3, -0.25) is 0 Å². The molecule has 0 bridgehead atoms. The van der Waals surface area contributed by atoms with Crippen LogP contribution in [0.25, 0.3) is 104 Å². The Labute approximate surface area is 308 Å². The smallest absolute Gasteiger partial charge is 0.0541 e. The van der Waals surface area contributed by atoms with Crippen molar-refractivity contribution in [3.8, 4) is 27.9 Å². The van der Waals surface area contributed by atoms with Crippen LogP contribution in [-0.2, 0) is 5.41 Å². The maximum absolute atomic E-state index is 2.47. The molecule has 11 rings (SSSR count). The third-order valence-electron chi connectivity index (χ3n) is 11.7. The van der Waals surface area contributed by atoms with Crippen LogP contribution in [0.2, 0.25) is 0 Å². The Morgan fingerprint density at radius 2 is 0.887 bits per heavy atom. The molecule has 11 aromatic rings. The molecule has 1 heteroatoms. The van der Waals surface area contributed by atoms with E-state index < -0.39 is 0 Å². The van der Waals surface area contributed by atoms with E-state index in [1.54, 1.807) is 0 Å².